The van der Waals surface area contributed by atoms with Gasteiger partial charge in [0.15, 0.2) is 17.3 Å². The Hall–Kier alpha value is -2.89. The number of ketones is 1. The molecule has 150 valence electrons. The molecule has 2 aromatic rings. The standard InChI is InChI=1S/C22H25FO5/c1-4-8-18-20(12-11-17(15(2)24)22(18)28-16(3)25)26-13-7-14-27-21-10-6-5-9-19(21)23/h5-6,9-12H,4,7-8,13-14H2,1-3H3. The van der Waals surface area contributed by atoms with Gasteiger partial charge in [0.25, 0.3) is 0 Å². The molecule has 0 unspecified atom stereocenters. The third kappa shape index (κ3) is 5.81. The molecule has 0 aliphatic heterocycles. The van der Waals surface area contributed by atoms with E-state index in [0.29, 0.717) is 42.9 Å². The van der Waals surface area contributed by atoms with Gasteiger partial charge in [0, 0.05) is 18.9 Å². The van der Waals surface area contributed by atoms with Gasteiger partial charge < -0.3 is 14.2 Å². The largest absolute Gasteiger partial charge is 0.493 e. The van der Waals surface area contributed by atoms with Gasteiger partial charge in [-0.15, -0.1) is 0 Å². The summed E-state index contributed by atoms with van der Waals surface area (Å²) < 4.78 is 30.1. The van der Waals surface area contributed by atoms with E-state index >= 15 is 0 Å². The van der Waals surface area contributed by atoms with Gasteiger partial charge in [0.05, 0.1) is 18.8 Å². The first kappa shape index (κ1) is 21.4. The lowest BCUT2D eigenvalue weighted by molar-refractivity contribution is -0.131. The van der Waals surface area contributed by atoms with Crippen LogP contribution in [0.1, 0.15) is 49.5 Å². The summed E-state index contributed by atoms with van der Waals surface area (Å²) in [4.78, 5) is 23.4. The van der Waals surface area contributed by atoms with Gasteiger partial charge in [-0.05, 0) is 37.6 Å². The van der Waals surface area contributed by atoms with Gasteiger partial charge in [-0.1, -0.05) is 25.5 Å². The van der Waals surface area contributed by atoms with Crippen molar-refractivity contribution >= 4 is 11.8 Å². The zero-order valence-electron chi connectivity index (χ0n) is 16.4. The number of para-hydroxylation sites is 1. The number of rotatable bonds is 10. The summed E-state index contributed by atoms with van der Waals surface area (Å²) in [5, 5.41) is 0. The Labute approximate surface area is 164 Å². The number of Topliss-reactive ketones (excluding diaryl/α,β-unsaturated/α-hetero) is 1. The van der Waals surface area contributed by atoms with Crippen molar-refractivity contribution in [1.29, 1.82) is 0 Å². The molecule has 0 heterocycles. The summed E-state index contributed by atoms with van der Waals surface area (Å²) in [6.07, 6.45) is 1.93. The van der Waals surface area contributed by atoms with Crippen LogP contribution in [-0.4, -0.2) is 25.0 Å². The lowest BCUT2D eigenvalue weighted by atomic mass is 10.0. The van der Waals surface area contributed by atoms with Gasteiger partial charge in [-0.3, -0.25) is 9.59 Å². The second kappa shape index (κ2) is 10.4. The number of ether oxygens (including phenoxy) is 3. The molecule has 0 radical (unpaired) electrons. The van der Waals surface area contributed by atoms with Crippen LogP contribution < -0.4 is 14.2 Å². The minimum atomic E-state index is -0.490. The molecule has 0 fully saturated rings. The Balaban J connectivity index is 2.06. The number of halogens is 1. The van der Waals surface area contributed by atoms with E-state index in [1.54, 1.807) is 30.3 Å². The molecule has 0 N–H and O–H groups in total. The fraction of sp³-hybridized carbons (Fsp3) is 0.364. The van der Waals surface area contributed by atoms with E-state index < -0.39 is 11.8 Å². The van der Waals surface area contributed by atoms with E-state index in [2.05, 4.69) is 0 Å². The maximum atomic E-state index is 13.5. The Morgan fingerprint density at radius 1 is 0.964 bits per heavy atom. The number of carbonyl (C=O) groups excluding carboxylic acids is 2. The van der Waals surface area contributed by atoms with Crippen molar-refractivity contribution in [3.63, 3.8) is 0 Å². The number of benzene rings is 2. The number of hydrogen-bond donors (Lipinski definition) is 0. The minimum absolute atomic E-state index is 0.182. The van der Waals surface area contributed by atoms with Crippen LogP contribution in [0.3, 0.4) is 0 Å². The van der Waals surface area contributed by atoms with Crippen molar-refractivity contribution in [2.45, 2.75) is 40.0 Å². The molecule has 0 saturated heterocycles. The van der Waals surface area contributed by atoms with E-state index in [-0.39, 0.29) is 17.3 Å². The average molecular weight is 388 g/mol. The van der Waals surface area contributed by atoms with Gasteiger partial charge in [0.2, 0.25) is 0 Å². The van der Waals surface area contributed by atoms with E-state index in [1.807, 2.05) is 6.92 Å². The first-order valence-electron chi connectivity index (χ1n) is 9.29. The molecule has 0 saturated carbocycles. The van der Waals surface area contributed by atoms with Crippen LogP contribution in [0.4, 0.5) is 4.39 Å². The SMILES string of the molecule is CCCc1c(OCCCOc2ccccc2F)ccc(C(C)=O)c1OC(C)=O. The molecule has 2 rings (SSSR count). The van der Waals surface area contributed by atoms with Crippen molar-refractivity contribution in [3.8, 4) is 17.2 Å². The third-order valence-electron chi connectivity index (χ3n) is 3.98. The fourth-order valence-electron chi connectivity index (χ4n) is 2.75. The molecule has 0 amide bonds. The van der Waals surface area contributed by atoms with Crippen LogP contribution >= 0.6 is 0 Å². The second-order valence-electron chi connectivity index (χ2n) is 6.30. The van der Waals surface area contributed by atoms with E-state index in [1.165, 1.54) is 19.9 Å². The van der Waals surface area contributed by atoms with E-state index in [9.17, 15) is 14.0 Å². The number of hydrogen-bond acceptors (Lipinski definition) is 5. The highest BCUT2D eigenvalue weighted by Crippen LogP contribution is 2.34. The zero-order valence-corrected chi connectivity index (χ0v) is 16.4. The molecule has 0 aromatic heterocycles. The Morgan fingerprint density at radius 2 is 1.64 bits per heavy atom. The van der Waals surface area contributed by atoms with Crippen LogP contribution in [0.5, 0.6) is 17.2 Å². The fourth-order valence-corrected chi connectivity index (χ4v) is 2.75. The Morgan fingerprint density at radius 3 is 2.25 bits per heavy atom. The molecule has 0 spiro atoms. The van der Waals surface area contributed by atoms with Gasteiger partial charge in [-0.25, -0.2) is 4.39 Å². The molecule has 0 atom stereocenters. The maximum Gasteiger partial charge on any atom is 0.308 e. The summed E-state index contributed by atoms with van der Waals surface area (Å²) in [5.74, 6) is -0.0405. The Bertz CT molecular complexity index is 832. The summed E-state index contributed by atoms with van der Waals surface area (Å²) in [6.45, 7) is 5.35. The average Bonchev–Trinajstić information content (AvgIpc) is 2.64. The number of esters is 1. The van der Waals surface area contributed by atoms with Gasteiger partial charge in [0.1, 0.15) is 11.5 Å². The highest BCUT2D eigenvalue weighted by Gasteiger charge is 2.19. The topological polar surface area (TPSA) is 61.8 Å². The highest BCUT2D eigenvalue weighted by molar-refractivity contribution is 5.98. The first-order chi connectivity index (χ1) is 13.4. The molecular weight excluding hydrogens is 363 g/mol. The highest BCUT2D eigenvalue weighted by atomic mass is 19.1. The van der Waals surface area contributed by atoms with Crippen LogP contribution in [0, 0.1) is 5.82 Å². The molecule has 5 nitrogen and oxygen atoms in total. The summed E-state index contributed by atoms with van der Waals surface area (Å²) in [7, 11) is 0. The molecule has 0 aliphatic rings. The zero-order chi connectivity index (χ0) is 20.5. The van der Waals surface area contributed by atoms with Crippen molar-refractivity contribution < 1.29 is 28.2 Å². The first-order valence-corrected chi connectivity index (χ1v) is 9.29. The monoisotopic (exact) mass is 388 g/mol. The second-order valence-corrected chi connectivity index (χ2v) is 6.30. The molecule has 2 aromatic carbocycles. The number of carbonyl (C=O) groups is 2. The van der Waals surface area contributed by atoms with E-state index in [4.69, 9.17) is 14.2 Å². The minimum Gasteiger partial charge on any atom is -0.493 e. The summed E-state index contributed by atoms with van der Waals surface area (Å²) >= 11 is 0. The normalized spacial score (nSPS) is 10.4. The predicted octanol–water partition coefficient (Wildman–Crippen LogP) is 4.75. The molecule has 28 heavy (non-hydrogen) atoms. The summed E-state index contributed by atoms with van der Waals surface area (Å²) in [6, 6.07) is 9.54. The predicted molar refractivity (Wildman–Crippen MR) is 104 cm³/mol. The Kier molecular flexibility index (Phi) is 7.99. The molecular formula is C22H25FO5. The maximum absolute atomic E-state index is 13.5. The van der Waals surface area contributed by atoms with Gasteiger partial charge in [-0.2, -0.15) is 0 Å². The van der Waals surface area contributed by atoms with Crippen molar-refractivity contribution in [2.24, 2.45) is 0 Å². The van der Waals surface area contributed by atoms with Crippen molar-refractivity contribution in [3.05, 3.63) is 53.3 Å². The third-order valence-corrected chi connectivity index (χ3v) is 3.98. The lowest BCUT2D eigenvalue weighted by Gasteiger charge is -2.17. The molecule has 0 bridgehead atoms. The van der Waals surface area contributed by atoms with Crippen LogP contribution in [-0.2, 0) is 11.2 Å². The lowest BCUT2D eigenvalue weighted by Crippen LogP contribution is -2.11. The van der Waals surface area contributed by atoms with Crippen molar-refractivity contribution in [1.82, 2.24) is 0 Å². The quantitative estimate of drug-likeness (QED) is 0.254. The van der Waals surface area contributed by atoms with E-state index in [0.717, 1.165) is 6.42 Å². The molecule has 0 aliphatic carbocycles. The summed E-state index contributed by atoms with van der Waals surface area (Å²) in [5.41, 5.74) is 1.05. The smallest absolute Gasteiger partial charge is 0.308 e. The molecule has 6 heteroatoms. The van der Waals surface area contributed by atoms with Crippen LogP contribution in [0.25, 0.3) is 0 Å². The van der Waals surface area contributed by atoms with Crippen LogP contribution in [0.2, 0.25) is 0 Å². The van der Waals surface area contributed by atoms with Crippen LogP contribution in [0.15, 0.2) is 36.4 Å². The van der Waals surface area contributed by atoms with Gasteiger partial charge >= 0.3 is 5.97 Å². The van der Waals surface area contributed by atoms with Crippen molar-refractivity contribution in [2.75, 3.05) is 13.2 Å².